The molecule has 0 saturated carbocycles. The second kappa shape index (κ2) is 10.6. The Kier molecular flexibility index (Phi) is 7.58. The molecule has 3 rings (SSSR count). The predicted octanol–water partition coefficient (Wildman–Crippen LogP) is 1.52. The zero-order chi connectivity index (χ0) is 20.5. The summed E-state index contributed by atoms with van der Waals surface area (Å²) in [6, 6.07) is 13.7. The Hall–Kier alpha value is -2.93. The third kappa shape index (κ3) is 6.57. The summed E-state index contributed by atoms with van der Waals surface area (Å²) in [6.45, 7) is 2.57. The maximum Gasteiger partial charge on any atom is 0.257 e. The van der Waals surface area contributed by atoms with Crippen LogP contribution in [-0.2, 0) is 20.8 Å². The summed E-state index contributed by atoms with van der Waals surface area (Å²) in [4.78, 5) is 38.2. The second-order valence-electron chi connectivity index (χ2n) is 7.34. The minimum Gasteiger partial charge on any atom is -0.347 e. The highest BCUT2D eigenvalue weighted by atomic mass is 16.2. The lowest BCUT2D eigenvalue weighted by Gasteiger charge is -2.25. The van der Waals surface area contributed by atoms with Gasteiger partial charge < -0.3 is 10.2 Å². The third-order valence-electron chi connectivity index (χ3n) is 5.12. The monoisotopic (exact) mass is 396 g/mol. The predicted molar refractivity (Wildman–Crippen MR) is 112 cm³/mol. The molecule has 0 spiro atoms. The van der Waals surface area contributed by atoms with Gasteiger partial charge in [-0.3, -0.25) is 25.2 Å². The van der Waals surface area contributed by atoms with E-state index in [1.807, 2.05) is 42.5 Å². The summed E-state index contributed by atoms with van der Waals surface area (Å²) in [6.07, 6.45) is 4.14. The molecule has 1 heterocycles. The summed E-state index contributed by atoms with van der Waals surface area (Å²) < 4.78 is 0. The molecule has 7 nitrogen and oxygen atoms in total. The van der Waals surface area contributed by atoms with Gasteiger partial charge in [0.15, 0.2) is 0 Å². The first-order chi connectivity index (χ1) is 14.1. The van der Waals surface area contributed by atoms with Crippen LogP contribution in [0.5, 0.6) is 0 Å². The van der Waals surface area contributed by atoms with Crippen LogP contribution in [0.15, 0.2) is 42.5 Å². The molecule has 3 N–H and O–H groups in total. The molecular formula is C22H28N4O3. The maximum absolute atomic E-state index is 12.2. The quantitative estimate of drug-likeness (QED) is 0.619. The summed E-state index contributed by atoms with van der Waals surface area (Å²) >= 11 is 0. The first-order valence-corrected chi connectivity index (χ1v) is 10.2. The Labute approximate surface area is 170 Å². The van der Waals surface area contributed by atoms with Crippen LogP contribution < -0.4 is 16.2 Å². The molecule has 0 aromatic heterocycles. The Balaban J connectivity index is 1.35. The van der Waals surface area contributed by atoms with Gasteiger partial charge in [0.05, 0.1) is 13.0 Å². The lowest BCUT2D eigenvalue weighted by atomic mass is 10.0. The van der Waals surface area contributed by atoms with Crippen molar-refractivity contribution in [3.8, 4) is 0 Å². The van der Waals surface area contributed by atoms with E-state index in [1.54, 1.807) is 0 Å². The number of fused-ring (bicyclic) bond motifs is 1. The number of hydrogen-bond acceptors (Lipinski definition) is 4. The Morgan fingerprint density at radius 1 is 0.828 bits per heavy atom. The zero-order valence-corrected chi connectivity index (χ0v) is 16.6. The van der Waals surface area contributed by atoms with Crippen LogP contribution in [0.25, 0.3) is 10.8 Å². The number of rotatable bonds is 7. The van der Waals surface area contributed by atoms with Crippen LogP contribution in [0.2, 0.25) is 0 Å². The van der Waals surface area contributed by atoms with Gasteiger partial charge in [-0.2, -0.15) is 0 Å². The number of carbonyl (C=O) groups is 3. The molecule has 3 amide bonds. The first kappa shape index (κ1) is 20.8. The number of piperidine rings is 1. The second-order valence-corrected chi connectivity index (χ2v) is 7.34. The van der Waals surface area contributed by atoms with Crippen LogP contribution in [0.4, 0.5) is 0 Å². The van der Waals surface area contributed by atoms with Crippen molar-refractivity contribution >= 4 is 28.5 Å². The average Bonchev–Trinajstić information content (AvgIpc) is 2.76. The fourth-order valence-electron chi connectivity index (χ4n) is 3.55. The van der Waals surface area contributed by atoms with Gasteiger partial charge in [0.25, 0.3) is 5.91 Å². The lowest BCUT2D eigenvalue weighted by molar-refractivity contribution is -0.129. The van der Waals surface area contributed by atoms with Gasteiger partial charge in [0, 0.05) is 13.0 Å². The van der Waals surface area contributed by atoms with Gasteiger partial charge in [0.1, 0.15) is 0 Å². The minimum atomic E-state index is -0.456. The van der Waals surface area contributed by atoms with E-state index in [-0.39, 0.29) is 24.8 Å². The number of hydrogen-bond donors (Lipinski definition) is 3. The van der Waals surface area contributed by atoms with Gasteiger partial charge in [-0.05, 0) is 42.3 Å². The number of nitrogens with one attached hydrogen (secondary N) is 3. The van der Waals surface area contributed by atoms with Crippen molar-refractivity contribution in [2.45, 2.75) is 32.1 Å². The maximum atomic E-state index is 12.2. The first-order valence-electron chi connectivity index (χ1n) is 10.2. The van der Waals surface area contributed by atoms with E-state index in [4.69, 9.17) is 0 Å². The smallest absolute Gasteiger partial charge is 0.257 e. The average molecular weight is 396 g/mol. The Bertz CT molecular complexity index is 857. The van der Waals surface area contributed by atoms with Gasteiger partial charge >= 0.3 is 0 Å². The van der Waals surface area contributed by atoms with Crippen LogP contribution in [0.1, 0.15) is 31.2 Å². The van der Waals surface area contributed by atoms with Crippen molar-refractivity contribution in [3.63, 3.8) is 0 Å². The van der Waals surface area contributed by atoms with E-state index in [0.717, 1.165) is 29.4 Å². The van der Waals surface area contributed by atoms with Crippen LogP contribution in [0.3, 0.4) is 0 Å². The highest BCUT2D eigenvalue weighted by Crippen LogP contribution is 2.18. The molecule has 1 aliphatic heterocycles. The van der Waals surface area contributed by atoms with Gasteiger partial charge in [0.2, 0.25) is 11.8 Å². The number of nitrogens with zero attached hydrogens (tertiary/aromatic N) is 1. The van der Waals surface area contributed by atoms with E-state index >= 15 is 0 Å². The largest absolute Gasteiger partial charge is 0.347 e. The molecule has 0 atom stereocenters. The molecule has 0 unspecified atom stereocenters. The standard InChI is InChI=1S/C22H28N4O3/c27-20(11-14-26-12-4-1-5-13-26)24-25-22(29)16-23-21(28)15-18-9-6-8-17-7-2-3-10-19(17)18/h2-3,6-10H,1,4-5,11-16H2,(H,23,28)(H,24,27)(H,25,29). The summed E-state index contributed by atoms with van der Waals surface area (Å²) in [7, 11) is 0. The van der Waals surface area contributed by atoms with Gasteiger partial charge in [-0.25, -0.2) is 0 Å². The van der Waals surface area contributed by atoms with Gasteiger partial charge in [-0.1, -0.05) is 48.9 Å². The van der Waals surface area contributed by atoms with Crippen LogP contribution >= 0.6 is 0 Å². The SMILES string of the molecule is O=C(Cc1cccc2ccccc12)NCC(=O)NNC(=O)CCN1CCCCC1. The number of amides is 3. The molecular weight excluding hydrogens is 368 g/mol. The molecule has 1 aliphatic rings. The molecule has 0 aliphatic carbocycles. The van der Waals surface area contributed by atoms with E-state index in [0.29, 0.717) is 13.0 Å². The molecule has 2 aromatic carbocycles. The van der Waals surface area contributed by atoms with Crippen LogP contribution in [0, 0.1) is 0 Å². The fraction of sp³-hybridized carbons (Fsp3) is 0.409. The molecule has 1 fully saturated rings. The highest BCUT2D eigenvalue weighted by molar-refractivity contribution is 5.91. The van der Waals surface area contributed by atoms with Crippen molar-refractivity contribution in [1.82, 2.24) is 21.1 Å². The Morgan fingerprint density at radius 2 is 1.55 bits per heavy atom. The molecule has 1 saturated heterocycles. The van der Waals surface area contributed by atoms with Crippen molar-refractivity contribution in [2.75, 3.05) is 26.2 Å². The summed E-state index contributed by atoms with van der Waals surface area (Å²) in [5, 5.41) is 4.69. The number of likely N-dealkylation sites (tertiary alicyclic amines) is 1. The van der Waals surface area contributed by atoms with Crippen molar-refractivity contribution in [1.29, 1.82) is 0 Å². The van der Waals surface area contributed by atoms with Crippen LogP contribution in [-0.4, -0.2) is 48.8 Å². The van der Waals surface area contributed by atoms with E-state index < -0.39 is 5.91 Å². The van der Waals surface area contributed by atoms with Crippen molar-refractivity contribution in [2.24, 2.45) is 0 Å². The van der Waals surface area contributed by atoms with Crippen molar-refractivity contribution < 1.29 is 14.4 Å². The fourth-order valence-corrected chi connectivity index (χ4v) is 3.55. The molecule has 0 bridgehead atoms. The third-order valence-corrected chi connectivity index (χ3v) is 5.12. The molecule has 29 heavy (non-hydrogen) atoms. The number of benzene rings is 2. The highest BCUT2D eigenvalue weighted by Gasteiger charge is 2.13. The lowest BCUT2D eigenvalue weighted by Crippen LogP contribution is -2.47. The minimum absolute atomic E-state index is 0.185. The Morgan fingerprint density at radius 3 is 2.38 bits per heavy atom. The number of hydrazine groups is 1. The number of carbonyl (C=O) groups excluding carboxylic acids is 3. The normalized spacial score (nSPS) is 14.3. The van der Waals surface area contributed by atoms with Crippen molar-refractivity contribution in [3.05, 3.63) is 48.0 Å². The molecule has 0 radical (unpaired) electrons. The molecule has 154 valence electrons. The van der Waals surface area contributed by atoms with Gasteiger partial charge in [-0.15, -0.1) is 0 Å². The molecule has 7 heteroatoms. The summed E-state index contributed by atoms with van der Waals surface area (Å²) in [5.41, 5.74) is 5.66. The zero-order valence-electron chi connectivity index (χ0n) is 16.6. The van der Waals surface area contributed by atoms with E-state index in [9.17, 15) is 14.4 Å². The molecule has 2 aromatic rings. The topological polar surface area (TPSA) is 90.5 Å². The van der Waals surface area contributed by atoms with E-state index in [1.165, 1.54) is 19.3 Å². The van der Waals surface area contributed by atoms with E-state index in [2.05, 4.69) is 21.1 Å². The summed E-state index contributed by atoms with van der Waals surface area (Å²) in [5.74, 6) is -0.929.